The summed E-state index contributed by atoms with van der Waals surface area (Å²) in [6.07, 6.45) is 3.14. The van der Waals surface area contributed by atoms with Gasteiger partial charge in [0.2, 0.25) is 0 Å². The van der Waals surface area contributed by atoms with Crippen molar-refractivity contribution in [3.8, 4) is 6.07 Å². The summed E-state index contributed by atoms with van der Waals surface area (Å²) in [6.45, 7) is 7.16. The predicted molar refractivity (Wildman–Crippen MR) is 54.9 cm³/mol. The Labute approximate surface area is 84.2 Å². The van der Waals surface area contributed by atoms with Crippen LogP contribution in [0.2, 0.25) is 0 Å². The van der Waals surface area contributed by atoms with Gasteiger partial charge < -0.3 is 4.90 Å². The lowest BCUT2D eigenvalue weighted by molar-refractivity contribution is 0.691. The summed E-state index contributed by atoms with van der Waals surface area (Å²) in [7, 11) is 0. The number of nitriles is 1. The first-order valence-electron chi connectivity index (χ1n) is 4.67. The average molecular weight is 190 g/mol. The van der Waals surface area contributed by atoms with Crippen molar-refractivity contribution in [2.75, 3.05) is 11.4 Å². The molecule has 0 aromatic carbocycles. The van der Waals surface area contributed by atoms with Crippen LogP contribution in [0.25, 0.3) is 0 Å². The molecule has 0 unspecified atom stereocenters. The number of nitrogens with zero attached hydrogens (tertiary/aromatic N) is 4. The minimum atomic E-state index is 0.355. The number of rotatable bonds is 3. The smallest absolute Gasteiger partial charge is 0.158 e. The summed E-state index contributed by atoms with van der Waals surface area (Å²) in [5.74, 6) is 0.821. The lowest BCUT2D eigenvalue weighted by Gasteiger charge is -2.25. The highest BCUT2D eigenvalue weighted by Gasteiger charge is 2.09. The van der Waals surface area contributed by atoms with Crippen molar-refractivity contribution in [3.05, 3.63) is 18.1 Å². The summed E-state index contributed by atoms with van der Waals surface area (Å²) < 4.78 is 0. The first kappa shape index (κ1) is 10.5. The van der Waals surface area contributed by atoms with E-state index in [1.165, 1.54) is 6.20 Å². The summed E-state index contributed by atoms with van der Waals surface area (Å²) in [6, 6.07) is 2.34. The molecule has 0 spiro atoms. The van der Waals surface area contributed by atoms with E-state index in [2.05, 4.69) is 35.6 Å². The topological polar surface area (TPSA) is 52.8 Å². The first-order valence-corrected chi connectivity index (χ1v) is 4.67. The van der Waals surface area contributed by atoms with Crippen molar-refractivity contribution in [3.63, 3.8) is 0 Å². The number of hydrogen-bond acceptors (Lipinski definition) is 4. The van der Waals surface area contributed by atoms with Crippen molar-refractivity contribution >= 4 is 5.82 Å². The maximum absolute atomic E-state index is 8.57. The molecule has 4 nitrogen and oxygen atoms in total. The highest BCUT2D eigenvalue weighted by molar-refractivity contribution is 5.37. The van der Waals surface area contributed by atoms with Crippen molar-refractivity contribution in [2.45, 2.75) is 26.8 Å². The molecule has 0 aliphatic heterocycles. The maximum atomic E-state index is 8.57. The largest absolute Gasteiger partial charge is 0.353 e. The minimum absolute atomic E-state index is 0.355. The lowest BCUT2D eigenvalue weighted by Crippen LogP contribution is -2.31. The third kappa shape index (κ3) is 2.19. The van der Waals surface area contributed by atoms with Crippen molar-refractivity contribution < 1.29 is 0 Å². The second kappa shape index (κ2) is 4.56. The molecular weight excluding hydrogens is 176 g/mol. The highest BCUT2D eigenvalue weighted by atomic mass is 15.2. The molecule has 74 valence electrons. The standard InChI is InChI=1S/C10H14N4/c1-4-14(8(2)3)10-7-12-9(5-11)6-13-10/h6-8H,4H2,1-3H3. The molecule has 0 aliphatic rings. The molecule has 0 fully saturated rings. The highest BCUT2D eigenvalue weighted by Crippen LogP contribution is 2.11. The zero-order valence-corrected chi connectivity index (χ0v) is 8.73. The SMILES string of the molecule is CCN(c1cnc(C#N)cn1)C(C)C. The lowest BCUT2D eigenvalue weighted by atomic mass is 10.3. The van der Waals surface area contributed by atoms with E-state index in [0.29, 0.717) is 11.7 Å². The van der Waals surface area contributed by atoms with E-state index in [1.54, 1.807) is 6.20 Å². The molecule has 1 heterocycles. The fraction of sp³-hybridized carbons (Fsp3) is 0.500. The molecule has 0 radical (unpaired) electrons. The Morgan fingerprint density at radius 2 is 2.14 bits per heavy atom. The van der Waals surface area contributed by atoms with E-state index in [0.717, 1.165) is 12.4 Å². The van der Waals surface area contributed by atoms with E-state index < -0.39 is 0 Å². The van der Waals surface area contributed by atoms with E-state index in [9.17, 15) is 0 Å². The molecule has 1 aromatic rings. The summed E-state index contributed by atoms with van der Waals surface area (Å²) >= 11 is 0. The van der Waals surface area contributed by atoms with E-state index in [-0.39, 0.29) is 0 Å². The van der Waals surface area contributed by atoms with Gasteiger partial charge in [0.1, 0.15) is 11.9 Å². The van der Waals surface area contributed by atoms with Gasteiger partial charge in [-0.3, -0.25) is 0 Å². The molecule has 0 aliphatic carbocycles. The quantitative estimate of drug-likeness (QED) is 0.726. The normalized spacial score (nSPS) is 9.93. The number of anilines is 1. The van der Waals surface area contributed by atoms with Crippen LogP contribution in [0.3, 0.4) is 0 Å². The first-order chi connectivity index (χ1) is 6.69. The fourth-order valence-corrected chi connectivity index (χ4v) is 1.32. The molecule has 1 rings (SSSR count). The van der Waals surface area contributed by atoms with Crippen molar-refractivity contribution in [1.29, 1.82) is 5.26 Å². The Morgan fingerprint density at radius 3 is 2.50 bits per heavy atom. The minimum Gasteiger partial charge on any atom is -0.353 e. The van der Waals surface area contributed by atoms with Gasteiger partial charge in [-0.05, 0) is 20.8 Å². The molecule has 14 heavy (non-hydrogen) atoms. The second-order valence-electron chi connectivity index (χ2n) is 3.25. The summed E-state index contributed by atoms with van der Waals surface area (Å²) in [4.78, 5) is 10.3. The average Bonchev–Trinajstić information content (AvgIpc) is 2.19. The summed E-state index contributed by atoms with van der Waals surface area (Å²) in [5, 5.41) is 8.57. The third-order valence-electron chi connectivity index (χ3n) is 2.01. The van der Waals surface area contributed by atoms with E-state index in [4.69, 9.17) is 5.26 Å². The number of aromatic nitrogens is 2. The van der Waals surface area contributed by atoms with Gasteiger partial charge in [0.05, 0.1) is 12.4 Å². The van der Waals surface area contributed by atoms with Crippen LogP contribution in [0.5, 0.6) is 0 Å². The van der Waals surface area contributed by atoms with Crippen LogP contribution in [0.4, 0.5) is 5.82 Å². The molecule has 0 amide bonds. The van der Waals surface area contributed by atoms with Gasteiger partial charge in [0, 0.05) is 12.6 Å². The molecule has 0 saturated carbocycles. The van der Waals surface area contributed by atoms with Gasteiger partial charge in [-0.1, -0.05) is 0 Å². The van der Waals surface area contributed by atoms with Crippen molar-refractivity contribution in [2.24, 2.45) is 0 Å². The predicted octanol–water partition coefficient (Wildman–Crippen LogP) is 1.58. The third-order valence-corrected chi connectivity index (χ3v) is 2.01. The molecule has 0 saturated heterocycles. The van der Waals surface area contributed by atoms with Gasteiger partial charge in [-0.15, -0.1) is 0 Å². The van der Waals surface area contributed by atoms with Crippen LogP contribution < -0.4 is 4.90 Å². The number of hydrogen-bond donors (Lipinski definition) is 0. The molecular formula is C10H14N4. The molecule has 0 N–H and O–H groups in total. The van der Waals surface area contributed by atoms with Gasteiger partial charge in [0.25, 0.3) is 0 Å². The molecule has 0 bridgehead atoms. The van der Waals surface area contributed by atoms with Crippen LogP contribution in [-0.4, -0.2) is 22.6 Å². The molecule has 1 aromatic heterocycles. The zero-order valence-electron chi connectivity index (χ0n) is 8.73. The Hall–Kier alpha value is -1.63. The van der Waals surface area contributed by atoms with Crippen LogP contribution in [0, 0.1) is 11.3 Å². The van der Waals surface area contributed by atoms with Crippen LogP contribution in [0.1, 0.15) is 26.5 Å². The van der Waals surface area contributed by atoms with Crippen LogP contribution >= 0.6 is 0 Å². The van der Waals surface area contributed by atoms with Gasteiger partial charge in [0.15, 0.2) is 5.69 Å². The van der Waals surface area contributed by atoms with Crippen LogP contribution in [-0.2, 0) is 0 Å². The fourth-order valence-electron chi connectivity index (χ4n) is 1.32. The van der Waals surface area contributed by atoms with Gasteiger partial charge in [-0.25, -0.2) is 9.97 Å². The van der Waals surface area contributed by atoms with E-state index >= 15 is 0 Å². The van der Waals surface area contributed by atoms with Crippen LogP contribution in [0.15, 0.2) is 12.4 Å². The molecule has 0 atom stereocenters. The molecule has 4 heteroatoms. The zero-order chi connectivity index (χ0) is 10.6. The van der Waals surface area contributed by atoms with Crippen molar-refractivity contribution in [1.82, 2.24) is 9.97 Å². The monoisotopic (exact) mass is 190 g/mol. The second-order valence-corrected chi connectivity index (χ2v) is 3.25. The van der Waals surface area contributed by atoms with Gasteiger partial charge in [-0.2, -0.15) is 5.26 Å². The Kier molecular flexibility index (Phi) is 3.41. The Morgan fingerprint density at radius 1 is 1.43 bits per heavy atom. The van der Waals surface area contributed by atoms with Gasteiger partial charge >= 0.3 is 0 Å². The summed E-state index contributed by atoms with van der Waals surface area (Å²) in [5.41, 5.74) is 0.355. The Bertz CT molecular complexity index is 323. The van der Waals surface area contributed by atoms with E-state index in [1.807, 2.05) is 6.07 Å². The maximum Gasteiger partial charge on any atom is 0.158 e. The Balaban J connectivity index is 2.90.